The minimum atomic E-state index is -1.55. The average Bonchev–Trinajstić information content (AvgIpc) is 2.67. The quantitative estimate of drug-likeness (QED) is 0.314. The fourth-order valence-electron chi connectivity index (χ4n) is 2.90. The van der Waals surface area contributed by atoms with Crippen LogP contribution in [-0.2, 0) is 14.2 Å². The second kappa shape index (κ2) is 8.78. The maximum Gasteiger partial charge on any atom is 0.229 e. The van der Waals surface area contributed by atoms with Crippen LogP contribution in [0, 0.1) is 0 Å². The van der Waals surface area contributed by atoms with Crippen LogP contribution in [0.4, 0.5) is 0 Å². The van der Waals surface area contributed by atoms with Crippen LogP contribution in [-0.4, -0.2) is 99.2 Å². The van der Waals surface area contributed by atoms with Gasteiger partial charge in [-0.05, 0) is 12.1 Å². The highest BCUT2D eigenvalue weighted by molar-refractivity contribution is 5.21. The van der Waals surface area contributed by atoms with Crippen LogP contribution in [0.25, 0.3) is 0 Å². The first-order valence-corrected chi connectivity index (χ1v) is 8.57. The van der Waals surface area contributed by atoms with E-state index in [-0.39, 0.29) is 13.2 Å². The predicted octanol–water partition coefficient (Wildman–Crippen LogP) is -2.67. The van der Waals surface area contributed by atoms with Gasteiger partial charge in [-0.25, -0.2) is 0 Å². The summed E-state index contributed by atoms with van der Waals surface area (Å²) in [7, 11) is 0. The van der Waals surface area contributed by atoms with E-state index in [1.165, 1.54) is 0 Å². The second-order valence-corrected chi connectivity index (χ2v) is 6.53. The fourth-order valence-corrected chi connectivity index (χ4v) is 2.90. The third-order valence-electron chi connectivity index (χ3n) is 4.54. The summed E-state index contributed by atoms with van der Waals surface area (Å²) in [6, 6.07) is 8.49. The van der Waals surface area contributed by atoms with Gasteiger partial charge in [-0.3, -0.25) is 0 Å². The van der Waals surface area contributed by atoms with Crippen LogP contribution >= 0.6 is 0 Å². The minimum absolute atomic E-state index is 0.238. The Morgan fingerprint density at radius 1 is 0.815 bits per heavy atom. The summed E-state index contributed by atoms with van der Waals surface area (Å²) in [4.78, 5) is 0. The van der Waals surface area contributed by atoms with Gasteiger partial charge in [0.15, 0.2) is 6.29 Å². The molecule has 152 valence electrons. The largest absolute Gasteiger partial charge is 0.462 e. The van der Waals surface area contributed by atoms with Crippen molar-refractivity contribution in [1.29, 1.82) is 0 Å². The molecule has 2 fully saturated rings. The van der Waals surface area contributed by atoms with Crippen molar-refractivity contribution < 1.29 is 49.6 Å². The summed E-state index contributed by atoms with van der Waals surface area (Å²) in [6.07, 6.45) is -12.3. The van der Waals surface area contributed by atoms with E-state index >= 15 is 0 Å². The van der Waals surface area contributed by atoms with Crippen molar-refractivity contribution in [3.8, 4) is 5.75 Å². The van der Waals surface area contributed by atoms with Gasteiger partial charge in [0.05, 0.1) is 13.2 Å². The highest BCUT2D eigenvalue weighted by Gasteiger charge is 2.46. The first-order chi connectivity index (χ1) is 12.9. The molecule has 9 atom stereocenters. The van der Waals surface area contributed by atoms with Gasteiger partial charge in [0.2, 0.25) is 6.29 Å². The van der Waals surface area contributed by atoms with Gasteiger partial charge in [-0.2, -0.15) is 0 Å². The molecule has 0 saturated carbocycles. The summed E-state index contributed by atoms with van der Waals surface area (Å²) >= 11 is 0. The molecule has 0 radical (unpaired) electrons. The van der Waals surface area contributed by atoms with Gasteiger partial charge >= 0.3 is 0 Å². The number of aliphatic hydroxyl groups is 6. The summed E-state index contributed by atoms with van der Waals surface area (Å²) in [5, 5.41) is 59.2. The molecule has 0 amide bonds. The maximum atomic E-state index is 10.1. The van der Waals surface area contributed by atoms with E-state index in [0.29, 0.717) is 5.75 Å². The van der Waals surface area contributed by atoms with Gasteiger partial charge in [-0.1, -0.05) is 18.2 Å². The smallest absolute Gasteiger partial charge is 0.229 e. The van der Waals surface area contributed by atoms with Crippen LogP contribution in [0.1, 0.15) is 0 Å². The van der Waals surface area contributed by atoms with E-state index in [9.17, 15) is 30.6 Å². The van der Waals surface area contributed by atoms with Crippen molar-refractivity contribution in [3.63, 3.8) is 0 Å². The highest BCUT2D eigenvalue weighted by atomic mass is 16.7. The molecule has 2 aliphatic rings. The van der Waals surface area contributed by atoms with Gasteiger partial charge in [0.25, 0.3) is 0 Å². The second-order valence-electron chi connectivity index (χ2n) is 6.53. The zero-order chi connectivity index (χ0) is 19.6. The lowest BCUT2D eigenvalue weighted by Crippen LogP contribution is -2.61. The van der Waals surface area contributed by atoms with Gasteiger partial charge in [0, 0.05) is 0 Å². The topological polar surface area (TPSA) is 158 Å². The van der Waals surface area contributed by atoms with Crippen molar-refractivity contribution >= 4 is 0 Å². The Morgan fingerprint density at radius 3 is 2.19 bits per heavy atom. The summed E-state index contributed by atoms with van der Waals surface area (Å²) in [6.45, 7) is -0.567. The average molecular weight is 388 g/mol. The molecule has 3 rings (SSSR count). The van der Waals surface area contributed by atoms with Gasteiger partial charge in [0.1, 0.15) is 48.5 Å². The molecule has 1 unspecified atom stereocenters. The zero-order valence-electron chi connectivity index (χ0n) is 14.3. The first-order valence-electron chi connectivity index (χ1n) is 8.57. The standard InChI is InChI=1S/C17H24O10/c18-9-6-24-16(14(22)11(9)19)25-7-10-12(20)13(21)15(23)17(27-10)26-8-4-2-1-3-5-8/h1-5,9-23H,6-7H2/t9-,10-,11+,12-,13+,14-,15-,16?,17-/m1/s1. The van der Waals surface area contributed by atoms with Crippen LogP contribution < -0.4 is 4.74 Å². The molecule has 0 aromatic heterocycles. The molecule has 1 aromatic rings. The number of hydrogen-bond donors (Lipinski definition) is 6. The zero-order valence-corrected chi connectivity index (χ0v) is 14.3. The Hall–Kier alpha value is -1.34. The number of ether oxygens (including phenoxy) is 4. The van der Waals surface area contributed by atoms with E-state index < -0.39 is 55.3 Å². The fraction of sp³-hybridized carbons (Fsp3) is 0.647. The lowest BCUT2D eigenvalue weighted by Gasteiger charge is -2.41. The maximum absolute atomic E-state index is 10.1. The molecular weight excluding hydrogens is 364 g/mol. The minimum Gasteiger partial charge on any atom is -0.462 e. The Bertz CT molecular complexity index is 586. The summed E-state index contributed by atoms with van der Waals surface area (Å²) < 4.78 is 21.4. The number of rotatable bonds is 5. The molecule has 0 aliphatic carbocycles. The van der Waals surface area contributed by atoms with Gasteiger partial charge < -0.3 is 49.6 Å². The van der Waals surface area contributed by atoms with E-state index in [1.54, 1.807) is 30.3 Å². The molecule has 0 bridgehead atoms. The van der Waals surface area contributed by atoms with E-state index in [0.717, 1.165) is 0 Å². The molecule has 0 spiro atoms. The third-order valence-corrected chi connectivity index (χ3v) is 4.54. The van der Waals surface area contributed by atoms with E-state index in [1.807, 2.05) is 0 Å². The lowest BCUT2D eigenvalue weighted by molar-refractivity contribution is -0.307. The third kappa shape index (κ3) is 4.57. The summed E-state index contributed by atoms with van der Waals surface area (Å²) in [5.41, 5.74) is 0. The normalized spacial score (nSPS) is 42.7. The number of benzene rings is 1. The molecule has 10 heteroatoms. The van der Waals surface area contributed by atoms with Crippen molar-refractivity contribution in [2.75, 3.05) is 13.2 Å². The van der Waals surface area contributed by atoms with Crippen LogP contribution in [0.2, 0.25) is 0 Å². The molecule has 2 saturated heterocycles. The number of para-hydroxylation sites is 1. The molecule has 1 aromatic carbocycles. The SMILES string of the molecule is O[C@@H]1[C@@H](O)[C@H](Oc2ccccc2)O[C@H](COC2OC[C@@H](O)[C@H](O)[C@H]2O)[C@H]1O. The van der Waals surface area contributed by atoms with Gasteiger partial charge in [-0.15, -0.1) is 0 Å². The van der Waals surface area contributed by atoms with Crippen LogP contribution in [0.3, 0.4) is 0 Å². The Balaban J connectivity index is 1.60. The first kappa shape index (κ1) is 20.4. The van der Waals surface area contributed by atoms with Crippen molar-refractivity contribution in [2.24, 2.45) is 0 Å². The number of hydrogen-bond acceptors (Lipinski definition) is 10. The predicted molar refractivity (Wildman–Crippen MR) is 87.5 cm³/mol. The molecule has 27 heavy (non-hydrogen) atoms. The molecule has 2 heterocycles. The molecular formula is C17H24O10. The van der Waals surface area contributed by atoms with E-state index in [2.05, 4.69) is 0 Å². The summed E-state index contributed by atoms with van der Waals surface area (Å²) in [5.74, 6) is 0.396. The number of aliphatic hydroxyl groups excluding tert-OH is 6. The molecule has 2 aliphatic heterocycles. The van der Waals surface area contributed by atoms with E-state index in [4.69, 9.17) is 18.9 Å². The van der Waals surface area contributed by atoms with Crippen molar-refractivity contribution in [3.05, 3.63) is 30.3 Å². The molecule has 10 nitrogen and oxygen atoms in total. The van der Waals surface area contributed by atoms with Crippen molar-refractivity contribution in [1.82, 2.24) is 0 Å². The van der Waals surface area contributed by atoms with Crippen LogP contribution in [0.5, 0.6) is 5.75 Å². The molecule has 6 N–H and O–H groups in total. The Kier molecular flexibility index (Phi) is 6.63. The Labute approximate surface area is 155 Å². The monoisotopic (exact) mass is 388 g/mol. The highest BCUT2D eigenvalue weighted by Crippen LogP contribution is 2.25. The Morgan fingerprint density at radius 2 is 1.48 bits per heavy atom. The van der Waals surface area contributed by atoms with Crippen LogP contribution in [0.15, 0.2) is 30.3 Å². The lowest BCUT2D eigenvalue weighted by atomic mass is 9.99. The van der Waals surface area contributed by atoms with Crippen molar-refractivity contribution in [2.45, 2.75) is 55.3 Å².